The van der Waals surface area contributed by atoms with Crippen LogP contribution in [0.4, 0.5) is 0 Å². The van der Waals surface area contributed by atoms with Crippen molar-refractivity contribution in [2.24, 2.45) is 13.0 Å². The van der Waals surface area contributed by atoms with Crippen molar-refractivity contribution in [2.75, 3.05) is 6.54 Å². The smallest absolute Gasteiger partial charge is 0.111 e. The number of hydrogen-bond donors (Lipinski definition) is 1. The summed E-state index contributed by atoms with van der Waals surface area (Å²) >= 11 is 0. The fourth-order valence-electron chi connectivity index (χ4n) is 3.65. The van der Waals surface area contributed by atoms with Crippen molar-refractivity contribution < 1.29 is 0 Å². The van der Waals surface area contributed by atoms with Crippen LogP contribution >= 0.6 is 0 Å². The number of rotatable bonds is 3. The van der Waals surface area contributed by atoms with Gasteiger partial charge in [-0.25, -0.2) is 4.98 Å². The maximum absolute atomic E-state index is 4.89. The number of benzene rings is 1. The molecule has 1 saturated heterocycles. The van der Waals surface area contributed by atoms with Crippen molar-refractivity contribution in [1.29, 1.82) is 0 Å². The maximum Gasteiger partial charge on any atom is 0.111 e. The zero-order chi connectivity index (χ0) is 14.9. The van der Waals surface area contributed by atoms with E-state index in [2.05, 4.69) is 55.0 Å². The van der Waals surface area contributed by atoms with Gasteiger partial charge in [0.1, 0.15) is 5.82 Å². The van der Waals surface area contributed by atoms with Gasteiger partial charge in [0, 0.05) is 19.0 Å². The monoisotopic (exact) mass is 285 g/mol. The molecule has 0 bridgehead atoms. The zero-order valence-electron chi connectivity index (χ0n) is 13.5. The number of nitrogens with zero attached hydrogens (tertiary/aromatic N) is 2. The van der Waals surface area contributed by atoms with Gasteiger partial charge in [-0.1, -0.05) is 38.8 Å². The highest BCUT2D eigenvalue weighted by molar-refractivity contribution is 5.75. The Balaban J connectivity index is 1.95. The number of hydrogen-bond acceptors (Lipinski definition) is 2. The number of para-hydroxylation sites is 2. The van der Waals surface area contributed by atoms with Gasteiger partial charge < -0.3 is 9.88 Å². The molecule has 1 unspecified atom stereocenters. The molecule has 1 aromatic carbocycles. The van der Waals surface area contributed by atoms with Crippen LogP contribution < -0.4 is 5.32 Å². The second-order valence-electron chi connectivity index (χ2n) is 6.80. The van der Waals surface area contributed by atoms with E-state index in [0.29, 0.717) is 5.92 Å². The van der Waals surface area contributed by atoms with Crippen LogP contribution in [0.3, 0.4) is 0 Å². The van der Waals surface area contributed by atoms with Crippen molar-refractivity contribution in [1.82, 2.24) is 14.9 Å². The first-order valence-corrected chi connectivity index (χ1v) is 8.28. The first-order chi connectivity index (χ1) is 10.1. The molecule has 2 heterocycles. The lowest BCUT2D eigenvalue weighted by Gasteiger charge is -2.37. The molecular weight excluding hydrogens is 258 g/mol. The van der Waals surface area contributed by atoms with Crippen molar-refractivity contribution >= 4 is 11.0 Å². The summed E-state index contributed by atoms with van der Waals surface area (Å²) in [7, 11) is 2.15. The van der Waals surface area contributed by atoms with Crippen LogP contribution in [0.5, 0.6) is 0 Å². The molecule has 3 rings (SSSR count). The topological polar surface area (TPSA) is 29.9 Å². The van der Waals surface area contributed by atoms with Crippen LogP contribution in [0.2, 0.25) is 0 Å². The Labute approximate surface area is 127 Å². The van der Waals surface area contributed by atoms with E-state index in [1.54, 1.807) is 0 Å². The predicted molar refractivity (Wildman–Crippen MR) is 88.5 cm³/mol. The van der Waals surface area contributed by atoms with Crippen LogP contribution in [0.1, 0.15) is 45.4 Å². The standard InChI is InChI=1S/C18H27N3/c1-14(2)18(11-7-4-8-12-19-18)13-17-20-15-9-5-6-10-16(15)21(17)3/h5-6,9-10,14,19H,4,7-8,11-13H2,1-3H3. The van der Waals surface area contributed by atoms with E-state index in [0.717, 1.165) is 18.5 Å². The molecule has 1 fully saturated rings. The molecule has 0 spiro atoms. The SMILES string of the molecule is CC(C)C1(Cc2nc3ccccc3n2C)CCCCCN1. The predicted octanol–water partition coefficient (Wildman–Crippen LogP) is 3.67. The summed E-state index contributed by atoms with van der Waals surface area (Å²) in [6.45, 7) is 5.84. The molecule has 3 nitrogen and oxygen atoms in total. The first-order valence-electron chi connectivity index (χ1n) is 8.28. The minimum absolute atomic E-state index is 0.200. The third kappa shape index (κ3) is 2.71. The largest absolute Gasteiger partial charge is 0.331 e. The van der Waals surface area contributed by atoms with E-state index < -0.39 is 0 Å². The molecular formula is C18H27N3. The van der Waals surface area contributed by atoms with Gasteiger partial charge in [-0.2, -0.15) is 0 Å². The molecule has 1 aliphatic heterocycles. The summed E-state index contributed by atoms with van der Waals surface area (Å²) in [6, 6.07) is 8.44. The molecule has 0 amide bonds. The van der Waals surface area contributed by atoms with Crippen molar-refractivity contribution in [2.45, 2.75) is 51.5 Å². The van der Waals surface area contributed by atoms with E-state index in [9.17, 15) is 0 Å². The van der Waals surface area contributed by atoms with Crippen LogP contribution in [-0.4, -0.2) is 21.6 Å². The lowest BCUT2D eigenvalue weighted by Crippen LogP contribution is -2.51. The maximum atomic E-state index is 4.89. The second-order valence-corrected chi connectivity index (χ2v) is 6.80. The number of fused-ring (bicyclic) bond motifs is 1. The van der Waals surface area contributed by atoms with E-state index in [1.165, 1.54) is 37.0 Å². The normalized spacial score (nSPS) is 23.6. The lowest BCUT2D eigenvalue weighted by atomic mass is 9.79. The number of aryl methyl sites for hydroxylation is 1. The highest BCUT2D eigenvalue weighted by Gasteiger charge is 2.35. The van der Waals surface area contributed by atoms with Crippen molar-refractivity contribution in [3.8, 4) is 0 Å². The van der Waals surface area contributed by atoms with Crippen LogP contribution in [0, 0.1) is 5.92 Å². The quantitative estimate of drug-likeness (QED) is 0.932. The van der Waals surface area contributed by atoms with Crippen LogP contribution in [0.15, 0.2) is 24.3 Å². The summed E-state index contributed by atoms with van der Waals surface area (Å²) in [6.07, 6.45) is 6.26. The molecule has 21 heavy (non-hydrogen) atoms. The fourth-order valence-corrected chi connectivity index (χ4v) is 3.65. The van der Waals surface area contributed by atoms with Gasteiger partial charge in [-0.05, 0) is 37.4 Å². The molecule has 1 atom stereocenters. The summed E-state index contributed by atoms with van der Waals surface area (Å²) < 4.78 is 2.27. The third-order valence-corrected chi connectivity index (χ3v) is 5.24. The van der Waals surface area contributed by atoms with Gasteiger partial charge in [0.25, 0.3) is 0 Å². The minimum Gasteiger partial charge on any atom is -0.331 e. The fraction of sp³-hybridized carbons (Fsp3) is 0.611. The molecule has 3 heteroatoms. The van der Waals surface area contributed by atoms with Crippen molar-refractivity contribution in [3.63, 3.8) is 0 Å². The second kappa shape index (κ2) is 5.80. The average Bonchev–Trinajstić information content (AvgIpc) is 2.66. The molecule has 0 radical (unpaired) electrons. The minimum atomic E-state index is 0.200. The lowest BCUT2D eigenvalue weighted by molar-refractivity contribution is 0.221. The summed E-state index contributed by atoms with van der Waals surface area (Å²) in [5.74, 6) is 1.83. The van der Waals surface area contributed by atoms with Gasteiger partial charge in [0.05, 0.1) is 11.0 Å². The third-order valence-electron chi connectivity index (χ3n) is 5.24. The molecule has 2 aromatic rings. The Bertz CT molecular complexity index is 604. The average molecular weight is 285 g/mol. The van der Waals surface area contributed by atoms with Gasteiger partial charge in [-0.3, -0.25) is 0 Å². The van der Waals surface area contributed by atoms with E-state index in [4.69, 9.17) is 4.98 Å². The Hall–Kier alpha value is -1.35. The van der Waals surface area contributed by atoms with Gasteiger partial charge in [0.2, 0.25) is 0 Å². The van der Waals surface area contributed by atoms with Crippen LogP contribution in [0.25, 0.3) is 11.0 Å². The van der Waals surface area contributed by atoms with Crippen molar-refractivity contribution in [3.05, 3.63) is 30.1 Å². The molecule has 1 N–H and O–H groups in total. The number of nitrogens with one attached hydrogen (secondary N) is 1. The molecule has 0 saturated carbocycles. The van der Waals surface area contributed by atoms with Gasteiger partial charge >= 0.3 is 0 Å². The first kappa shape index (κ1) is 14.6. The Morgan fingerprint density at radius 3 is 2.81 bits per heavy atom. The van der Waals surface area contributed by atoms with Crippen LogP contribution in [-0.2, 0) is 13.5 Å². The molecule has 1 aliphatic rings. The van der Waals surface area contributed by atoms with E-state index in [1.807, 2.05) is 0 Å². The zero-order valence-corrected chi connectivity index (χ0v) is 13.5. The number of imidazole rings is 1. The number of aromatic nitrogens is 2. The highest BCUT2D eigenvalue weighted by atomic mass is 15.1. The molecule has 1 aromatic heterocycles. The van der Waals surface area contributed by atoms with Gasteiger partial charge in [0.15, 0.2) is 0 Å². The van der Waals surface area contributed by atoms with E-state index >= 15 is 0 Å². The molecule has 0 aliphatic carbocycles. The van der Waals surface area contributed by atoms with Gasteiger partial charge in [-0.15, -0.1) is 0 Å². The summed E-state index contributed by atoms with van der Waals surface area (Å²) in [5.41, 5.74) is 2.55. The molecule has 114 valence electrons. The van der Waals surface area contributed by atoms with E-state index in [-0.39, 0.29) is 5.54 Å². The Morgan fingerprint density at radius 2 is 2.05 bits per heavy atom. The Kier molecular flexibility index (Phi) is 4.03. The summed E-state index contributed by atoms with van der Waals surface area (Å²) in [4.78, 5) is 4.89. The highest BCUT2D eigenvalue weighted by Crippen LogP contribution is 2.31. The Morgan fingerprint density at radius 1 is 1.24 bits per heavy atom. The summed E-state index contributed by atoms with van der Waals surface area (Å²) in [5, 5.41) is 3.86.